The van der Waals surface area contributed by atoms with Crippen LogP contribution in [0.1, 0.15) is 12.0 Å². The number of phenolic OH excluding ortho intramolecular Hbond substituents is 1. The lowest BCUT2D eigenvalue weighted by atomic mass is 10.2. The van der Waals surface area contributed by atoms with Crippen LogP contribution in [0.5, 0.6) is 5.75 Å². The van der Waals surface area contributed by atoms with E-state index in [0.717, 1.165) is 5.56 Å². The van der Waals surface area contributed by atoms with Crippen LogP contribution in [-0.2, 0) is 11.3 Å². The first kappa shape index (κ1) is 12.1. The summed E-state index contributed by atoms with van der Waals surface area (Å²) in [6.45, 7) is 2.27. The Labute approximate surface area is 104 Å². The Hall–Kier alpha value is -2.37. The van der Waals surface area contributed by atoms with Crippen molar-refractivity contribution in [3.63, 3.8) is 0 Å². The number of nitrogens with zero attached hydrogens (tertiary/aromatic N) is 3. The van der Waals surface area contributed by atoms with Crippen molar-refractivity contribution in [1.82, 2.24) is 15.0 Å². The molecule has 0 bridgehead atoms. The molecule has 0 atom stereocenters. The fraction of sp³-hybridized carbons (Fsp3) is 0.250. The molecule has 0 saturated heterocycles. The van der Waals surface area contributed by atoms with Crippen LogP contribution in [0.15, 0.2) is 30.6 Å². The molecule has 2 N–H and O–H groups in total. The Bertz CT molecular complexity index is 537. The number of carbonyl (C=O) groups is 1. The van der Waals surface area contributed by atoms with E-state index >= 15 is 0 Å². The maximum atomic E-state index is 11.7. The zero-order valence-electron chi connectivity index (χ0n) is 10.00. The minimum Gasteiger partial charge on any atom is -0.508 e. The van der Waals surface area contributed by atoms with E-state index in [9.17, 15) is 9.90 Å². The molecular weight excluding hydrogens is 232 g/mol. The van der Waals surface area contributed by atoms with E-state index in [-0.39, 0.29) is 11.7 Å². The van der Waals surface area contributed by atoms with Gasteiger partial charge in [0.25, 0.3) is 0 Å². The van der Waals surface area contributed by atoms with E-state index in [1.807, 2.05) is 0 Å². The van der Waals surface area contributed by atoms with Crippen LogP contribution in [0.2, 0.25) is 0 Å². The largest absolute Gasteiger partial charge is 0.508 e. The van der Waals surface area contributed by atoms with Gasteiger partial charge in [-0.1, -0.05) is 5.21 Å². The maximum Gasteiger partial charge on any atom is 0.226 e. The van der Waals surface area contributed by atoms with E-state index in [4.69, 9.17) is 0 Å². The molecule has 0 fully saturated rings. The number of phenols is 1. The van der Waals surface area contributed by atoms with Gasteiger partial charge in [0, 0.05) is 18.3 Å². The van der Waals surface area contributed by atoms with Crippen LogP contribution in [0.3, 0.4) is 0 Å². The highest BCUT2D eigenvalue weighted by Gasteiger charge is 2.04. The highest BCUT2D eigenvalue weighted by Crippen LogP contribution is 2.20. The van der Waals surface area contributed by atoms with Gasteiger partial charge in [-0.15, -0.1) is 5.10 Å². The number of hydrogen-bond donors (Lipinski definition) is 2. The van der Waals surface area contributed by atoms with Crippen molar-refractivity contribution in [1.29, 1.82) is 0 Å². The highest BCUT2D eigenvalue weighted by atomic mass is 16.3. The molecule has 1 amide bonds. The van der Waals surface area contributed by atoms with Gasteiger partial charge in [0.2, 0.25) is 5.91 Å². The average molecular weight is 246 g/mol. The van der Waals surface area contributed by atoms with Crippen molar-refractivity contribution in [3.8, 4) is 5.75 Å². The molecule has 2 rings (SSSR count). The number of aryl methyl sites for hydroxylation is 2. The summed E-state index contributed by atoms with van der Waals surface area (Å²) in [7, 11) is 0. The minimum atomic E-state index is -0.101. The smallest absolute Gasteiger partial charge is 0.226 e. The number of rotatable bonds is 4. The number of nitrogens with one attached hydrogen (secondary N) is 1. The molecule has 0 unspecified atom stereocenters. The average Bonchev–Trinajstić information content (AvgIpc) is 2.84. The standard InChI is InChI=1S/C12H14N4O2/c1-9-8-10(2-3-11(9)17)14-12(18)4-6-16-7-5-13-15-16/h2-3,5,7-8,17H,4,6H2,1H3,(H,14,18). The third-order valence-electron chi connectivity index (χ3n) is 2.52. The van der Waals surface area contributed by atoms with Crippen LogP contribution in [-0.4, -0.2) is 26.0 Å². The number of amides is 1. The summed E-state index contributed by atoms with van der Waals surface area (Å²) in [5, 5.41) is 19.6. The Morgan fingerprint density at radius 3 is 3.00 bits per heavy atom. The number of aromatic nitrogens is 3. The van der Waals surface area contributed by atoms with Gasteiger partial charge >= 0.3 is 0 Å². The predicted molar refractivity (Wildman–Crippen MR) is 66.1 cm³/mol. The normalized spacial score (nSPS) is 10.3. The van der Waals surface area contributed by atoms with Gasteiger partial charge < -0.3 is 10.4 Å². The van der Waals surface area contributed by atoms with Gasteiger partial charge in [0.15, 0.2) is 0 Å². The molecule has 0 spiro atoms. The lowest BCUT2D eigenvalue weighted by Gasteiger charge is -2.07. The van der Waals surface area contributed by atoms with Crippen molar-refractivity contribution < 1.29 is 9.90 Å². The summed E-state index contributed by atoms with van der Waals surface area (Å²) in [4.78, 5) is 11.7. The van der Waals surface area contributed by atoms with Crippen molar-refractivity contribution in [2.24, 2.45) is 0 Å². The Morgan fingerprint density at radius 1 is 1.50 bits per heavy atom. The molecule has 0 radical (unpaired) electrons. The summed E-state index contributed by atoms with van der Waals surface area (Å²) in [6, 6.07) is 4.95. The molecule has 6 heteroatoms. The van der Waals surface area contributed by atoms with E-state index in [2.05, 4.69) is 15.6 Å². The number of anilines is 1. The molecule has 2 aromatic rings. The lowest BCUT2D eigenvalue weighted by Crippen LogP contribution is -2.14. The first-order chi connectivity index (χ1) is 8.65. The van der Waals surface area contributed by atoms with Crippen molar-refractivity contribution in [2.45, 2.75) is 19.9 Å². The van der Waals surface area contributed by atoms with Crippen LogP contribution in [0.4, 0.5) is 5.69 Å². The Balaban J connectivity index is 1.88. The summed E-state index contributed by atoms with van der Waals surface area (Å²) in [6.07, 6.45) is 3.60. The van der Waals surface area contributed by atoms with Gasteiger partial charge in [-0.3, -0.25) is 9.48 Å². The first-order valence-corrected chi connectivity index (χ1v) is 5.59. The van der Waals surface area contributed by atoms with Gasteiger partial charge in [-0.25, -0.2) is 0 Å². The first-order valence-electron chi connectivity index (χ1n) is 5.59. The quantitative estimate of drug-likeness (QED) is 0.797. The van der Waals surface area contributed by atoms with E-state index in [0.29, 0.717) is 18.7 Å². The predicted octanol–water partition coefficient (Wildman–Crippen LogP) is 1.32. The molecule has 0 aliphatic rings. The van der Waals surface area contributed by atoms with Gasteiger partial charge in [-0.05, 0) is 30.7 Å². The second-order valence-electron chi connectivity index (χ2n) is 3.97. The van der Waals surface area contributed by atoms with Crippen molar-refractivity contribution in [2.75, 3.05) is 5.32 Å². The van der Waals surface area contributed by atoms with Crippen molar-refractivity contribution in [3.05, 3.63) is 36.2 Å². The summed E-state index contributed by atoms with van der Waals surface area (Å²) < 4.78 is 1.60. The number of aromatic hydroxyl groups is 1. The molecule has 94 valence electrons. The molecular formula is C12H14N4O2. The van der Waals surface area contributed by atoms with Crippen molar-refractivity contribution >= 4 is 11.6 Å². The SMILES string of the molecule is Cc1cc(NC(=O)CCn2ccnn2)ccc1O. The Kier molecular flexibility index (Phi) is 3.57. The van der Waals surface area contributed by atoms with Gasteiger partial charge in [0.05, 0.1) is 12.7 Å². The van der Waals surface area contributed by atoms with E-state index in [1.54, 1.807) is 42.2 Å². The maximum absolute atomic E-state index is 11.7. The Morgan fingerprint density at radius 2 is 2.33 bits per heavy atom. The molecule has 1 heterocycles. The van der Waals surface area contributed by atoms with Crippen LogP contribution in [0.25, 0.3) is 0 Å². The molecule has 0 saturated carbocycles. The highest BCUT2D eigenvalue weighted by molar-refractivity contribution is 5.90. The van der Waals surface area contributed by atoms with Crippen LogP contribution in [0, 0.1) is 6.92 Å². The second kappa shape index (κ2) is 5.31. The zero-order chi connectivity index (χ0) is 13.0. The monoisotopic (exact) mass is 246 g/mol. The second-order valence-corrected chi connectivity index (χ2v) is 3.97. The minimum absolute atomic E-state index is 0.101. The summed E-state index contributed by atoms with van der Waals surface area (Å²) in [5.41, 5.74) is 1.40. The summed E-state index contributed by atoms with van der Waals surface area (Å²) >= 11 is 0. The van der Waals surface area contributed by atoms with Crippen LogP contribution < -0.4 is 5.32 Å². The van der Waals surface area contributed by atoms with Gasteiger partial charge in [0.1, 0.15) is 5.75 Å². The molecule has 18 heavy (non-hydrogen) atoms. The molecule has 1 aromatic heterocycles. The third kappa shape index (κ3) is 3.07. The lowest BCUT2D eigenvalue weighted by molar-refractivity contribution is -0.116. The number of hydrogen-bond acceptors (Lipinski definition) is 4. The molecule has 1 aromatic carbocycles. The fourth-order valence-corrected chi connectivity index (χ4v) is 1.52. The van der Waals surface area contributed by atoms with Crippen LogP contribution >= 0.6 is 0 Å². The van der Waals surface area contributed by atoms with Gasteiger partial charge in [-0.2, -0.15) is 0 Å². The fourth-order valence-electron chi connectivity index (χ4n) is 1.52. The number of carbonyl (C=O) groups excluding carboxylic acids is 1. The topological polar surface area (TPSA) is 80.0 Å². The molecule has 6 nitrogen and oxygen atoms in total. The van der Waals surface area contributed by atoms with E-state index < -0.39 is 0 Å². The van der Waals surface area contributed by atoms with E-state index in [1.165, 1.54) is 0 Å². The molecule has 0 aliphatic heterocycles. The zero-order valence-corrected chi connectivity index (χ0v) is 10.00. The third-order valence-corrected chi connectivity index (χ3v) is 2.52. The summed E-state index contributed by atoms with van der Waals surface area (Å²) in [5.74, 6) is 0.117. The molecule has 0 aliphatic carbocycles. The number of benzene rings is 1.